The number of nitrogens with zero attached hydrogens (tertiary/aromatic N) is 1. The first kappa shape index (κ1) is 15.1. The third kappa shape index (κ3) is 3.87. The lowest BCUT2D eigenvalue weighted by atomic mass is 9.94. The average molecular weight is 283 g/mol. The monoisotopic (exact) mass is 283 g/mol. The van der Waals surface area contributed by atoms with Crippen molar-refractivity contribution in [1.82, 2.24) is 4.90 Å². The highest BCUT2D eigenvalue weighted by molar-refractivity contribution is 5.81. The molecule has 2 rings (SSSR count). The van der Waals surface area contributed by atoms with Gasteiger partial charge in [0.05, 0.1) is 0 Å². The van der Waals surface area contributed by atoms with Gasteiger partial charge >= 0.3 is 12.1 Å². The largest absolute Gasteiger partial charge is 0.480 e. The van der Waals surface area contributed by atoms with Crippen molar-refractivity contribution < 1.29 is 19.4 Å². The Morgan fingerprint density at radius 2 is 1.85 bits per heavy atom. The molecule has 0 aromatic heterocycles. The third-order valence-electron chi connectivity index (χ3n) is 4.05. The highest BCUT2D eigenvalue weighted by Gasteiger charge is 2.43. The highest BCUT2D eigenvalue weighted by Crippen LogP contribution is 2.38. The van der Waals surface area contributed by atoms with Crippen LogP contribution >= 0.6 is 0 Å². The Balaban J connectivity index is 1.97. The summed E-state index contributed by atoms with van der Waals surface area (Å²) in [4.78, 5) is 25.0. The van der Waals surface area contributed by atoms with Gasteiger partial charge in [0.1, 0.15) is 11.6 Å². The van der Waals surface area contributed by atoms with Crippen molar-refractivity contribution in [2.24, 2.45) is 11.8 Å². The Morgan fingerprint density at radius 3 is 2.35 bits per heavy atom. The predicted octanol–water partition coefficient (Wildman–Crippen LogP) is 2.89. The zero-order valence-corrected chi connectivity index (χ0v) is 12.6. The lowest BCUT2D eigenvalue weighted by Gasteiger charge is -2.28. The number of hydrogen-bond acceptors (Lipinski definition) is 3. The van der Waals surface area contributed by atoms with Gasteiger partial charge in [0.2, 0.25) is 0 Å². The molecular formula is C15H25NO4. The first-order chi connectivity index (χ1) is 9.28. The molecule has 1 amide bonds. The number of rotatable bonds is 4. The van der Waals surface area contributed by atoms with Crippen molar-refractivity contribution in [3.8, 4) is 0 Å². The summed E-state index contributed by atoms with van der Waals surface area (Å²) in [5, 5.41) is 9.43. The van der Waals surface area contributed by atoms with E-state index in [4.69, 9.17) is 4.74 Å². The number of carboxylic acid groups (broad SMARTS) is 1. The molecule has 20 heavy (non-hydrogen) atoms. The molecule has 1 aliphatic heterocycles. The second-order valence-corrected chi connectivity index (χ2v) is 7.03. The lowest BCUT2D eigenvalue weighted by molar-refractivity contribution is -0.143. The summed E-state index contributed by atoms with van der Waals surface area (Å²) in [5.41, 5.74) is -0.591. The third-order valence-corrected chi connectivity index (χ3v) is 4.05. The minimum atomic E-state index is -0.908. The molecule has 0 bridgehead atoms. The van der Waals surface area contributed by atoms with Gasteiger partial charge in [-0.3, -0.25) is 4.90 Å². The Bertz CT molecular complexity index is 384. The number of carbonyl (C=O) groups excluding carboxylic acids is 1. The van der Waals surface area contributed by atoms with Crippen molar-refractivity contribution in [3.05, 3.63) is 0 Å². The zero-order valence-electron chi connectivity index (χ0n) is 12.6. The van der Waals surface area contributed by atoms with Crippen LogP contribution in [0.4, 0.5) is 4.79 Å². The second kappa shape index (κ2) is 5.62. The van der Waals surface area contributed by atoms with Crippen LogP contribution in [0.1, 0.15) is 52.9 Å². The normalized spacial score (nSPS) is 26.6. The fourth-order valence-corrected chi connectivity index (χ4v) is 2.88. The molecule has 1 aliphatic carbocycles. The Morgan fingerprint density at radius 1 is 1.20 bits per heavy atom. The van der Waals surface area contributed by atoms with Gasteiger partial charge < -0.3 is 9.84 Å². The summed E-state index contributed by atoms with van der Waals surface area (Å²) in [7, 11) is 0. The number of carboxylic acids is 1. The fourth-order valence-electron chi connectivity index (χ4n) is 2.88. The summed E-state index contributed by atoms with van der Waals surface area (Å²) < 4.78 is 5.31. The van der Waals surface area contributed by atoms with Gasteiger partial charge in [-0.1, -0.05) is 19.3 Å². The number of carbonyl (C=O) groups is 2. The van der Waals surface area contributed by atoms with Gasteiger partial charge in [0.25, 0.3) is 0 Å². The van der Waals surface area contributed by atoms with Crippen molar-refractivity contribution in [2.75, 3.05) is 6.54 Å². The van der Waals surface area contributed by atoms with Crippen LogP contribution < -0.4 is 0 Å². The highest BCUT2D eigenvalue weighted by atomic mass is 16.6. The van der Waals surface area contributed by atoms with Gasteiger partial charge in [0.15, 0.2) is 0 Å². The van der Waals surface area contributed by atoms with Crippen molar-refractivity contribution in [2.45, 2.75) is 64.5 Å². The molecule has 0 unspecified atom stereocenters. The lowest BCUT2D eigenvalue weighted by Crippen LogP contribution is -2.45. The summed E-state index contributed by atoms with van der Waals surface area (Å²) in [6, 6.07) is -0.719. The Kier molecular flexibility index (Phi) is 4.25. The molecule has 114 valence electrons. The van der Waals surface area contributed by atoms with Crippen LogP contribution in [0.3, 0.4) is 0 Å². The van der Waals surface area contributed by atoms with E-state index in [0.717, 1.165) is 25.2 Å². The second-order valence-electron chi connectivity index (χ2n) is 7.03. The molecular weight excluding hydrogens is 258 g/mol. The van der Waals surface area contributed by atoms with E-state index in [0.29, 0.717) is 6.54 Å². The quantitative estimate of drug-likeness (QED) is 0.861. The summed E-state index contributed by atoms with van der Waals surface area (Å²) in [6.07, 6.45) is 4.82. The van der Waals surface area contributed by atoms with Gasteiger partial charge in [-0.15, -0.1) is 0 Å². The van der Waals surface area contributed by atoms with Crippen molar-refractivity contribution >= 4 is 12.1 Å². The van der Waals surface area contributed by atoms with Gasteiger partial charge in [-0.05, 0) is 45.4 Å². The predicted molar refractivity (Wildman–Crippen MR) is 74.4 cm³/mol. The van der Waals surface area contributed by atoms with Crippen LogP contribution in [0.5, 0.6) is 0 Å². The SMILES string of the molecule is CC(C)(C)OC(=O)N1CC[C@H](CCC2CC2)[C@@H]1C(=O)O. The maximum atomic E-state index is 12.1. The van der Waals surface area contributed by atoms with Crippen molar-refractivity contribution in [1.29, 1.82) is 0 Å². The molecule has 2 fully saturated rings. The minimum Gasteiger partial charge on any atom is -0.480 e. The molecule has 5 heteroatoms. The number of likely N-dealkylation sites (tertiary alicyclic amines) is 1. The standard InChI is InChI=1S/C15H25NO4/c1-15(2,3)20-14(19)16-9-8-11(12(16)13(17)18)7-6-10-4-5-10/h10-12H,4-9H2,1-3H3,(H,17,18)/t11-,12+/m0/s1. The van der Waals surface area contributed by atoms with E-state index in [1.165, 1.54) is 17.7 Å². The van der Waals surface area contributed by atoms with E-state index in [9.17, 15) is 14.7 Å². The van der Waals surface area contributed by atoms with E-state index in [2.05, 4.69) is 0 Å². The van der Waals surface area contributed by atoms with Gasteiger partial charge in [0, 0.05) is 6.54 Å². The van der Waals surface area contributed by atoms with E-state index < -0.39 is 23.7 Å². The molecule has 1 N–H and O–H groups in total. The molecule has 5 nitrogen and oxygen atoms in total. The van der Waals surface area contributed by atoms with E-state index in [-0.39, 0.29) is 5.92 Å². The van der Waals surface area contributed by atoms with Gasteiger partial charge in [-0.2, -0.15) is 0 Å². The molecule has 2 atom stereocenters. The molecule has 0 aromatic rings. The summed E-state index contributed by atoms with van der Waals surface area (Å²) in [5.74, 6) is -0.0465. The minimum absolute atomic E-state index is 0.0700. The van der Waals surface area contributed by atoms with Gasteiger partial charge in [-0.25, -0.2) is 9.59 Å². The Hall–Kier alpha value is -1.26. The maximum Gasteiger partial charge on any atom is 0.411 e. The first-order valence-corrected chi connectivity index (χ1v) is 7.50. The van der Waals surface area contributed by atoms with Crippen LogP contribution in [-0.4, -0.2) is 40.3 Å². The number of hydrogen-bond donors (Lipinski definition) is 1. The molecule has 1 saturated heterocycles. The topological polar surface area (TPSA) is 66.8 Å². The van der Waals surface area contributed by atoms with E-state index >= 15 is 0 Å². The van der Waals surface area contributed by atoms with E-state index in [1.54, 1.807) is 20.8 Å². The molecule has 0 radical (unpaired) electrons. The van der Waals surface area contributed by atoms with E-state index in [1.807, 2.05) is 0 Å². The molecule has 1 saturated carbocycles. The first-order valence-electron chi connectivity index (χ1n) is 7.50. The molecule has 0 aromatic carbocycles. The molecule has 1 heterocycles. The van der Waals surface area contributed by atoms with Crippen LogP contribution in [0.15, 0.2) is 0 Å². The zero-order chi connectivity index (χ0) is 14.9. The van der Waals surface area contributed by atoms with Crippen LogP contribution in [0, 0.1) is 11.8 Å². The average Bonchev–Trinajstić information content (AvgIpc) is 3.01. The summed E-state index contributed by atoms with van der Waals surface area (Å²) in [6.45, 7) is 5.87. The smallest absolute Gasteiger partial charge is 0.411 e. The fraction of sp³-hybridized carbons (Fsp3) is 0.867. The number of ether oxygens (including phenoxy) is 1. The van der Waals surface area contributed by atoms with Crippen LogP contribution in [-0.2, 0) is 9.53 Å². The number of amides is 1. The Labute approximate surface area is 120 Å². The van der Waals surface area contributed by atoms with Crippen molar-refractivity contribution in [3.63, 3.8) is 0 Å². The summed E-state index contributed by atoms with van der Waals surface area (Å²) >= 11 is 0. The molecule has 2 aliphatic rings. The van der Waals surface area contributed by atoms with Crippen LogP contribution in [0.2, 0.25) is 0 Å². The van der Waals surface area contributed by atoms with Crippen LogP contribution in [0.25, 0.3) is 0 Å². The molecule has 0 spiro atoms. The number of aliphatic carboxylic acids is 1. The maximum absolute atomic E-state index is 12.1.